The van der Waals surface area contributed by atoms with Crippen LogP contribution in [0.5, 0.6) is 0 Å². The first-order valence-corrected chi connectivity index (χ1v) is 10.5. The van der Waals surface area contributed by atoms with Crippen molar-refractivity contribution >= 4 is 29.3 Å². The Hall–Kier alpha value is -2.78. The first-order chi connectivity index (χ1) is 13.7. The van der Waals surface area contributed by atoms with E-state index in [1.54, 1.807) is 16.7 Å². The number of anilines is 1. The lowest BCUT2D eigenvalue weighted by atomic mass is 10.1. The fourth-order valence-corrected chi connectivity index (χ4v) is 4.03. The highest BCUT2D eigenvalue weighted by Crippen LogP contribution is 2.21. The summed E-state index contributed by atoms with van der Waals surface area (Å²) in [6.07, 6.45) is 1.85. The molecule has 0 radical (unpaired) electrons. The number of amides is 2. The minimum atomic E-state index is -0.0111. The third-order valence-corrected chi connectivity index (χ3v) is 5.66. The van der Waals surface area contributed by atoms with E-state index in [0.717, 1.165) is 41.3 Å². The molecule has 0 spiro atoms. The number of hydrogen-bond donors (Lipinski definition) is 1. The summed E-state index contributed by atoms with van der Waals surface area (Å²) in [5, 5.41) is 12.0. The standard InChI is InChI=1S/C22H23N3O2S/c23-15-18-4-1-2-5-19(18)16-28-13-11-24-21(26)14-17-7-9-20(10-8-17)25-12-3-6-22(25)27/h1-2,4-5,7-10H,3,6,11-14,16H2,(H,24,26). The summed E-state index contributed by atoms with van der Waals surface area (Å²) in [5.41, 5.74) is 3.57. The molecule has 28 heavy (non-hydrogen) atoms. The van der Waals surface area contributed by atoms with E-state index in [1.165, 1.54) is 0 Å². The average Bonchev–Trinajstić information content (AvgIpc) is 3.14. The fourth-order valence-electron chi connectivity index (χ4n) is 3.16. The number of carbonyl (C=O) groups is 2. The topological polar surface area (TPSA) is 73.2 Å². The van der Waals surface area contributed by atoms with Gasteiger partial charge in [0.1, 0.15) is 0 Å². The number of rotatable bonds is 8. The number of benzene rings is 2. The summed E-state index contributed by atoms with van der Waals surface area (Å²) >= 11 is 1.70. The van der Waals surface area contributed by atoms with Crippen LogP contribution in [0.4, 0.5) is 5.69 Å². The molecule has 1 aliphatic heterocycles. The summed E-state index contributed by atoms with van der Waals surface area (Å²) in [6, 6.07) is 17.4. The van der Waals surface area contributed by atoms with Crippen molar-refractivity contribution in [1.82, 2.24) is 5.32 Å². The van der Waals surface area contributed by atoms with Crippen LogP contribution in [0.15, 0.2) is 48.5 Å². The van der Waals surface area contributed by atoms with Crippen molar-refractivity contribution in [3.8, 4) is 6.07 Å². The second-order valence-electron chi connectivity index (χ2n) is 6.66. The molecule has 2 amide bonds. The van der Waals surface area contributed by atoms with Gasteiger partial charge in [-0.05, 0) is 35.7 Å². The van der Waals surface area contributed by atoms with Crippen LogP contribution in [0.2, 0.25) is 0 Å². The Kier molecular flexibility index (Phi) is 7.10. The summed E-state index contributed by atoms with van der Waals surface area (Å²) < 4.78 is 0. The highest BCUT2D eigenvalue weighted by Gasteiger charge is 2.21. The Morgan fingerprint density at radius 2 is 1.96 bits per heavy atom. The second kappa shape index (κ2) is 9.95. The molecule has 2 aromatic carbocycles. The van der Waals surface area contributed by atoms with E-state index in [9.17, 15) is 9.59 Å². The van der Waals surface area contributed by atoms with Crippen molar-refractivity contribution in [3.63, 3.8) is 0 Å². The fraction of sp³-hybridized carbons (Fsp3) is 0.318. The first kappa shape index (κ1) is 20.0. The average molecular weight is 394 g/mol. The number of thioether (sulfide) groups is 1. The maximum atomic E-state index is 12.1. The van der Waals surface area contributed by atoms with E-state index in [2.05, 4.69) is 11.4 Å². The molecule has 1 fully saturated rings. The van der Waals surface area contributed by atoms with Gasteiger partial charge in [0, 0.05) is 36.7 Å². The van der Waals surface area contributed by atoms with Crippen LogP contribution in [0, 0.1) is 11.3 Å². The highest BCUT2D eigenvalue weighted by atomic mass is 32.2. The summed E-state index contributed by atoms with van der Waals surface area (Å²) in [5.74, 6) is 1.71. The molecule has 1 saturated heterocycles. The van der Waals surface area contributed by atoms with Gasteiger partial charge in [-0.15, -0.1) is 0 Å². The quantitative estimate of drug-likeness (QED) is 0.699. The van der Waals surface area contributed by atoms with Crippen LogP contribution in [-0.2, 0) is 21.8 Å². The Bertz CT molecular complexity index is 874. The number of carbonyl (C=O) groups excluding carboxylic acids is 2. The molecule has 144 valence electrons. The van der Waals surface area contributed by atoms with Crippen LogP contribution >= 0.6 is 11.8 Å². The van der Waals surface area contributed by atoms with Crippen molar-refractivity contribution in [2.45, 2.75) is 25.0 Å². The van der Waals surface area contributed by atoms with Gasteiger partial charge in [0.05, 0.1) is 18.1 Å². The molecule has 0 aromatic heterocycles. The molecule has 2 aromatic rings. The Balaban J connectivity index is 1.37. The summed E-state index contributed by atoms with van der Waals surface area (Å²) in [6.45, 7) is 1.37. The monoisotopic (exact) mass is 393 g/mol. The maximum Gasteiger partial charge on any atom is 0.227 e. The zero-order chi connectivity index (χ0) is 19.8. The molecular weight excluding hydrogens is 370 g/mol. The highest BCUT2D eigenvalue weighted by molar-refractivity contribution is 7.98. The maximum absolute atomic E-state index is 12.1. The third-order valence-electron chi connectivity index (χ3n) is 4.65. The predicted octanol–water partition coefficient (Wildman–Crippen LogP) is 3.28. The van der Waals surface area contributed by atoms with E-state index in [1.807, 2.05) is 48.5 Å². The van der Waals surface area contributed by atoms with Crippen molar-refractivity contribution in [3.05, 3.63) is 65.2 Å². The largest absolute Gasteiger partial charge is 0.355 e. The third kappa shape index (κ3) is 5.37. The van der Waals surface area contributed by atoms with Gasteiger partial charge >= 0.3 is 0 Å². The van der Waals surface area contributed by atoms with Gasteiger partial charge in [0.15, 0.2) is 0 Å². The van der Waals surface area contributed by atoms with Crippen molar-refractivity contribution in [2.24, 2.45) is 0 Å². The number of hydrogen-bond acceptors (Lipinski definition) is 4. The second-order valence-corrected chi connectivity index (χ2v) is 7.77. The minimum absolute atomic E-state index is 0.0111. The van der Waals surface area contributed by atoms with Gasteiger partial charge in [-0.3, -0.25) is 9.59 Å². The van der Waals surface area contributed by atoms with Crippen LogP contribution in [0.1, 0.15) is 29.5 Å². The normalized spacial score (nSPS) is 13.4. The van der Waals surface area contributed by atoms with Gasteiger partial charge in [-0.1, -0.05) is 30.3 Å². The van der Waals surface area contributed by atoms with Crippen LogP contribution in [0.3, 0.4) is 0 Å². The minimum Gasteiger partial charge on any atom is -0.355 e. The lowest BCUT2D eigenvalue weighted by Crippen LogP contribution is -2.27. The van der Waals surface area contributed by atoms with Gasteiger partial charge in [0.2, 0.25) is 11.8 Å². The molecule has 5 nitrogen and oxygen atoms in total. The molecule has 0 aliphatic carbocycles. The zero-order valence-corrected chi connectivity index (χ0v) is 16.5. The molecule has 0 saturated carbocycles. The Labute approximate surface area is 169 Å². The summed E-state index contributed by atoms with van der Waals surface area (Å²) in [4.78, 5) is 25.7. The van der Waals surface area contributed by atoms with Crippen molar-refractivity contribution in [2.75, 3.05) is 23.7 Å². The molecule has 1 aliphatic rings. The SMILES string of the molecule is N#Cc1ccccc1CSCCNC(=O)Cc1ccc(N2CCCC2=O)cc1. The Morgan fingerprint density at radius 1 is 1.18 bits per heavy atom. The lowest BCUT2D eigenvalue weighted by molar-refractivity contribution is -0.120. The number of nitrogens with one attached hydrogen (secondary N) is 1. The van der Waals surface area contributed by atoms with E-state index in [0.29, 0.717) is 24.9 Å². The number of nitrogens with zero attached hydrogens (tertiary/aromatic N) is 2. The van der Waals surface area contributed by atoms with E-state index in [-0.39, 0.29) is 11.8 Å². The molecule has 6 heteroatoms. The van der Waals surface area contributed by atoms with Crippen molar-refractivity contribution in [1.29, 1.82) is 5.26 Å². The molecule has 1 N–H and O–H groups in total. The van der Waals surface area contributed by atoms with Crippen molar-refractivity contribution < 1.29 is 9.59 Å². The number of nitriles is 1. The van der Waals surface area contributed by atoms with E-state index in [4.69, 9.17) is 5.26 Å². The molecule has 3 rings (SSSR count). The first-order valence-electron chi connectivity index (χ1n) is 9.39. The van der Waals surface area contributed by atoms with Crippen LogP contribution in [-0.4, -0.2) is 30.7 Å². The van der Waals surface area contributed by atoms with Crippen LogP contribution in [0.25, 0.3) is 0 Å². The van der Waals surface area contributed by atoms with Crippen LogP contribution < -0.4 is 10.2 Å². The molecule has 0 atom stereocenters. The Morgan fingerprint density at radius 3 is 2.68 bits per heavy atom. The lowest BCUT2D eigenvalue weighted by Gasteiger charge is -2.15. The van der Waals surface area contributed by atoms with Gasteiger partial charge in [0.25, 0.3) is 0 Å². The molecular formula is C22H23N3O2S. The molecule has 0 bridgehead atoms. The van der Waals surface area contributed by atoms with E-state index < -0.39 is 0 Å². The van der Waals surface area contributed by atoms with Gasteiger partial charge in [-0.25, -0.2) is 0 Å². The van der Waals surface area contributed by atoms with E-state index >= 15 is 0 Å². The summed E-state index contributed by atoms with van der Waals surface area (Å²) in [7, 11) is 0. The zero-order valence-electron chi connectivity index (χ0n) is 15.7. The van der Waals surface area contributed by atoms with Gasteiger partial charge < -0.3 is 10.2 Å². The van der Waals surface area contributed by atoms with Gasteiger partial charge in [-0.2, -0.15) is 17.0 Å². The molecule has 1 heterocycles. The smallest absolute Gasteiger partial charge is 0.227 e. The predicted molar refractivity (Wildman–Crippen MR) is 112 cm³/mol. The molecule has 0 unspecified atom stereocenters.